The van der Waals surface area contributed by atoms with E-state index in [4.69, 9.17) is 4.98 Å². The molecular formula is C25H21N5OS. The van der Waals surface area contributed by atoms with E-state index in [1.54, 1.807) is 0 Å². The van der Waals surface area contributed by atoms with Crippen molar-refractivity contribution in [1.29, 1.82) is 0 Å². The lowest BCUT2D eigenvalue weighted by Crippen LogP contribution is -2.14. The van der Waals surface area contributed by atoms with Crippen LogP contribution in [0.5, 0.6) is 0 Å². The number of aromatic nitrogens is 4. The van der Waals surface area contributed by atoms with Crippen molar-refractivity contribution in [2.75, 3.05) is 11.1 Å². The lowest BCUT2D eigenvalue weighted by molar-refractivity contribution is -0.113. The number of fused-ring (bicyclic) bond motifs is 3. The molecule has 32 heavy (non-hydrogen) atoms. The van der Waals surface area contributed by atoms with Gasteiger partial charge < -0.3 is 5.32 Å². The fourth-order valence-electron chi connectivity index (χ4n) is 3.81. The molecular weight excluding hydrogens is 418 g/mol. The minimum Gasteiger partial charge on any atom is -0.325 e. The van der Waals surface area contributed by atoms with Crippen LogP contribution in [0.2, 0.25) is 0 Å². The molecule has 1 amide bonds. The minimum absolute atomic E-state index is 0.0871. The Labute approximate surface area is 189 Å². The molecule has 0 aliphatic heterocycles. The van der Waals surface area contributed by atoms with Crippen LogP contribution in [0.4, 0.5) is 5.69 Å². The Morgan fingerprint density at radius 2 is 1.66 bits per heavy atom. The van der Waals surface area contributed by atoms with Crippen molar-refractivity contribution < 1.29 is 4.79 Å². The van der Waals surface area contributed by atoms with E-state index in [0.29, 0.717) is 10.7 Å². The van der Waals surface area contributed by atoms with E-state index >= 15 is 0 Å². The molecule has 0 fully saturated rings. The second-order valence-corrected chi connectivity index (χ2v) is 8.63. The standard InChI is InChI=1S/C25H21N5OS/c1-16-12-17(2)14-19(13-16)26-22(31)15-32-25-24-29-28-23(18-8-4-3-5-9-18)30(24)21-11-7-6-10-20(21)27-25/h3-14H,15H2,1-2H3,(H,26,31). The summed E-state index contributed by atoms with van der Waals surface area (Å²) < 4.78 is 2.02. The smallest absolute Gasteiger partial charge is 0.234 e. The summed E-state index contributed by atoms with van der Waals surface area (Å²) in [5, 5.41) is 12.5. The molecule has 7 heteroatoms. The number of thioether (sulfide) groups is 1. The number of carbonyl (C=O) groups excluding carboxylic acids is 1. The number of rotatable bonds is 5. The van der Waals surface area contributed by atoms with Gasteiger partial charge in [-0.05, 0) is 49.2 Å². The van der Waals surface area contributed by atoms with Crippen molar-refractivity contribution in [3.63, 3.8) is 0 Å². The molecule has 158 valence electrons. The maximum atomic E-state index is 12.6. The molecule has 0 aliphatic rings. The summed E-state index contributed by atoms with van der Waals surface area (Å²) in [6.07, 6.45) is 0. The molecule has 5 aromatic rings. The highest BCUT2D eigenvalue weighted by Crippen LogP contribution is 2.29. The molecule has 1 N–H and O–H groups in total. The number of anilines is 1. The first kappa shape index (κ1) is 20.2. The first-order chi connectivity index (χ1) is 15.6. The molecule has 3 aromatic carbocycles. The van der Waals surface area contributed by atoms with Crippen molar-refractivity contribution in [2.45, 2.75) is 18.9 Å². The fraction of sp³-hybridized carbons (Fsp3) is 0.120. The van der Waals surface area contributed by atoms with E-state index in [1.165, 1.54) is 11.8 Å². The van der Waals surface area contributed by atoms with Crippen molar-refractivity contribution >= 4 is 40.0 Å². The monoisotopic (exact) mass is 439 g/mol. The van der Waals surface area contributed by atoms with Gasteiger partial charge in [-0.25, -0.2) is 4.98 Å². The lowest BCUT2D eigenvalue weighted by atomic mass is 10.1. The summed E-state index contributed by atoms with van der Waals surface area (Å²) in [5.74, 6) is 0.887. The maximum Gasteiger partial charge on any atom is 0.234 e. The summed E-state index contributed by atoms with van der Waals surface area (Å²) in [6, 6.07) is 23.9. The lowest BCUT2D eigenvalue weighted by Gasteiger charge is -2.09. The zero-order chi connectivity index (χ0) is 22.1. The van der Waals surface area contributed by atoms with Crippen LogP contribution in [0.1, 0.15) is 11.1 Å². The molecule has 5 rings (SSSR count). The van der Waals surface area contributed by atoms with Crippen LogP contribution < -0.4 is 5.32 Å². The number of nitrogens with zero attached hydrogens (tertiary/aromatic N) is 4. The van der Waals surface area contributed by atoms with Crippen LogP contribution in [0.25, 0.3) is 28.1 Å². The van der Waals surface area contributed by atoms with Gasteiger partial charge in [0.25, 0.3) is 0 Å². The van der Waals surface area contributed by atoms with Gasteiger partial charge in [0.15, 0.2) is 11.5 Å². The third-order valence-corrected chi connectivity index (χ3v) is 6.03. The zero-order valence-corrected chi connectivity index (χ0v) is 18.6. The van der Waals surface area contributed by atoms with Gasteiger partial charge in [0.05, 0.1) is 16.8 Å². The maximum absolute atomic E-state index is 12.6. The molecule has 6 nitrogen and oxygen atoms in total. The molecule has 2 heterocycles. The fourth-order valence-corrected chi connectivity index (χ4v) is 4.57. The number of benzene rings is 3. The topological polar surface area (TPSA) is 72.2 Å². The predicted molar refractivity (Wildman–Crippen MR) is 129 cm³/mol. The molecule has 0 aliphatic carbocycles. The molecule has 0 atom stereocenters. The molecule has 0 saturated carbocycles. The highest BCUT2D eigenvalue weighted by Gasteiger charge is 2.17. The average molecular weight is 440 g/mol. The SMILES string of the molecule is Cc1cc(C)cc(NC(=O)CSc2nc3ccccc3n3c(-c4ccccc4)nnc23)c1. The van der Waals surface area contributed by atoms with Crippen LogP contribution in [0.15, 0.2) is 77.8 Å². The third-order valence-electron chi connectivity index (χ3n) is 5.08. The van der Waals surface area contributed by atoms with E-state index in [1.807, 2.05) is 85.0 Å². The molecule has 2 aromatic heterocycles. The third kappa shape index (κ3) is 3.94. The number of hydrogen-bond acceptors (Lipinski definition) is 5. The number of para-hydroxylation sites is 2. The van der Waals surface area contributed by atoms with E-state index in [9.17, 15) is 4.79 Å². The molecule has 0 unspecified atom stereocenters. The number of hydrogen-bond donors (Lipinski definition) is 1. The number of amides is 1. The Bertz CT molecular complexity index is 1430. The van der Waals surface area contributed by atoms with Crippen LogP contribution in [-0.4, -0.2) is 31.2 Å². The normalized spacial score (nSPS) is 11.2. The molecule has 0 radical (unpaired) electrons. The summed E-state index contributed by atoms with van der Waals surface area (Å²) in [5.41, 5.74) is 6.40. The number of carbonyl (C=O) groups is 1. The summed E-state index contributed by atoms with van der Waals surface area (Å²) >= 11 is 1.36. The van der Waals surface area contributed by atoms with Crippen molar-refractivity contribution in [1.82, 2.24) is 19.6 Å². The first-order valence-electron chi connectivity index (χ1n) is 10.3. The molecule has 0 spiro atoms. The van der Waals surface area contributed by atoms with Gasteiger partial charge >= 0.3 is 0 Å². The van der Waals surface area contributed by atoms with Crippen molar-refractivity contribution in [2.24, 2.45) is 0 Å². The number of nitrogens with one attached hydrogen (secondary N) is 1. The van der Waals surface area contributed by atoms with E-state index < -0.39 is 0 Å². The number of aryl methyl sites for hydroxylation is 2. The highest BCUT2D eigenvalue weighted by atomic mass is 32.2. The van der Waals surface area contributed by atoms with Gasteiger partial charge in [-0.3, -0.25) is 9.20 Å². The van der Waals surface area contributed by atoms with Gasteiger partial charge in [-0.15, -0.1) is 10.2 Å². The Morgan fingerprint density at radius 3 is 2.44 bits per heavy atom. The first-order valence-corrected chi connectivity index (χ1v) is 11.3. The minimum atomic E-state index is -0.0871. The van der Waals surface area contributed by atoms with Gasteiger partial charge in [0, 0.05) is 11.3 Å². The Hall–Kier alpha value is -3.71. The van der Waals surface area contributed by atoms with Crippen LogP contribution in [0, 0.1) is 13.8 Å². The summed E-state index contributed by atoms with van der Waals surface area (Å²) in [6.45, 7) is 4.03. The van der Waals surface area contributed by atoms with Gasteiger partial charge in [0.1, 0.15) is 5.03 Å². The summed E-state index contributed by atoms with van der Waals surface area (Å²) in [4.78, 5) is 17.4. The second-order valence-electron chi connectivity index (χ2n) is 7.67. The van der Waals surface area contributed by atoms with Crippen molar-refractivity contribution in [3.05, 3.63) is 83.9 Å². The highest BCUT2D eigenvalue weighted by molar-refractivity contribution is 8.00. The largest absolute Gasteiger partial charge is 0.325 e. The predicted octanol–water partition coefficient (Wildman–Crippen LogP) is 5.29. The van der Waals surface area contributed by atoms with Crippen molar-refractivity contribution in [3.8, 4) is 11.4 Å². The average Bonchev–Trinajstić information content (AvgIpc) is 3.23. The Morgan fingerprint density at radius 1 is 0.938 bits per heavy atom. The van der Waals surface area contributed by atoms with E-state index in [-0.39, 0.29) is 11.7 Å². The van der Waals surface area contributed by atoms with E-state index in [0.717, 1.165) is 39.2 Å². The molecule has 0 bridgehead atoms. The van der Waals surface area contributed by atoms with E-state index in [2.05, 4.69) is 21.6 Å². The second kappa shape index (κ2) is 8.43. The zero-order valence-electron chi connectivity index (χ0n) is 17.7. The Kier molecular flexibility index (Phi) is 5.33. The van der Waals surface area contributed by atoms with Crippen LogP contribution in [0.3, 0.4) is 0 Å². The van der Waals surface area contributed by atoms with Gasteiger partial charge in [-0.2, -0.15) is 0 Å². The Balaban J connectivity index is 1.48. The summed E-state index contributed by atoms with van der Waals surface area (Å²) in [7, 11) is 0. The van der Waals surface area contributed by atoms with Crippen LogP contribution >= 0.6 is 11.8 Å². The van der Waals surface area contributed by atoms with Gasteiger partial charge in [0.2, 0.25) is 5.91 Å². The van der Waals surface area contributed by atoms with Gasteiger partial charge in [-0.1, -0.05) is 60.3 Å². The quantitative estimate of drug-likeness (QED) is 0.377. The molecule has 0 saturated heterocycles. The van der Waals surface area contributed by atoms with Crippen LogP contribution in [-0.2, 0) is 4.79 Å².